The highest BCUT2D eigenvalue weighted by molar-refractivity contribution is 5.98. The van der Waals surface area contributed by atoms with Crippen molar-refractivity contribution in [2.75, 3.05) is 18.8 Å². The summed E-state index contributed by atoms with van der Waals surface area (Å²) in [5.74, 6) is -0.0963. The number of nitrogen functional groups attached to an aromatic ring is 1. The summed E-state index contributed by atoms with van der Waals surface area (Å²) in [5.41, 5.74) is 8.87. The van der Waals surface area contributed by atoms with Gasteiger partial charge in [0.05, 0.1) is 11.4 Å². The van der Waals surface area contributed by atoms with Crippen molar-refractivity contribution in [2.24, 2.45) is 0 Å². The van der Waals surface area contributed by atoms with Crippen LogP contribution in [0.15, 0.2) is 53.5 Å². The molecule has 3 heterocycles. The van der Waals surface area contributed by atoms with Crippen LogP contribution in [0.3, 0.4) is 0 Å². The maximum Gasteiger partial charge on any atom is 0.276 e. The van der Waals surface area contributed by atoms with Gasteiger partial charge in [-0.2, -0.15) is 0 Å². The Morgan fingerprint density at radius 2 is 1.69 bits per heavy atom. The lowest BCUT2D eigenvalue weighted by atomic mass is 10.0. The molecule has 0 saturated carbocycles. The molecule has 1 saturated heterocycles. The zero-order chi connectivity index (χ0) is 20.5. The molecular weight excluding hydrogens is 366 g/mol. The number of hydrogen-bond acceptors (Lipinski definition) is 5. The van der Waals surface area contributed by atoms with Crippen LogP contribution in [-0.2, 0) is 0 Å². The van der Waals surface area contributed by atoms with Crippen molar-refractivity contribution < 1.29 is 4.79 Å². The van der Waals surface area contributed by atoms with Gasteiger partial charge in [-0.15, -0.1) is 0 Å². The fourth-order valence-corrected chi connectivity index (χ4v) is 3.32. The van der Waals surface area contributed by atoms with Crippen LogP contribution in [0.1, 0.15) is 36.8 Å². The average molecular weight is 389 g/mol. The summed E-state index contributed by atoms with van der Waals surface area (Å²) >= 11 is 0. The van der Waals surface area contributed by atoms with Crippen molar-refractivity contribution in [3.8, 4) is 22.5 Å². The van der Waals surface area contributed by atoms with E-state index >= 15 is 0 Å². The lowest BCUT2D eigenvalue weighted by Gasteiger charge is -2.30. The predicted octanol–water partition coefficient (Wildman–Crippen LogP) is 2.98. The number of rotatable bonds is 4. The monoisotopic (exact) mass is 389 g/mol. The molecule has 1 aromatic carbocycles. The highest BCUT2D eigenvalue weighted by atomic mass is 16.2. The Labute approximate surface area is 168 Å². The topological polar surface area (TPSA) is 94.1 Å². The molecule has 7 nitrogen and oxygen atoms in total. The van der Waals surface area contributed by atoms with Gasteiger partial charge in [0.15, 0.2) is 11.5 Å². The van der Waals surface area contributed by atoms with Gasteiger partial charge in [0, 0.05) is 42.5 Å². The van der Waals surface area contributed by atoms with Gasteiger partial charge in [-0.1, -0.05) is 30.3 Å². The molecule has 3 aromatic rings. The molecule has 29 heavy (non-hydrogen) atoms. The molecule has 4 rings (SSSR count). The summed E-state index contributed by atoms with van der Waals surface area (Å²) in [5, 5.41) is 0. The zero-order valence-corrected chi connectivity index (χ0v) is 16.5. The van der Waals surface area contributed by atoms with Crippen molar-refractivity contribution in [3.05, 3.63) is 64.7 Å². The lowest BCUT2D eigenvalue weighted by Crippen LogP contribution is -2.42. The van der Waals surface area contributed by atoms with Crippen molar-refractivity contribution >= 4 is 11.7 Å². The van der Waals surface area contributed by atoms with Crippen LogP contribution < -0.4 is 11.3 Å². The average Bonchev–Trinajstić information content (AvgIpc) is 2.67. The maximum atomic E-state index is 12.8. The Morgan fingerprint density at radius 3 is 2.31 bits per heavy atom. The van der Waals surface area contributed by atoms with Gasteiger partial charge >= 0.3 is 0 Å². The Balaban J connectivity index is 1.93. The summed E-state index contributed by atoms with van der Waals surface area (Å²) in [6, 6.07) is 12.8. The number of hydrogen-bond donors (Lipinski definition) is 1. The molecule has 0 spiro atoms. The Morgan fingerprint density at radius 1 is 1.00 bits per heavy atom. The van der Waals surface area contributed by atoms with E-state index in [0.29, 0.717) is 30.0 Å². The second kappa shape index (κ2) is 7.50. The highest BCUT2D eigenvalue weighted by Gasteiger charge is 2.27. The largest absolute Gasteiger partial charge is 0.382 e. The summed E-state index contributed by atoms with van der Waals surface area (Å²) in [7, 11) is 0. The zero-order valence-electron chi connectivity index (χ0n) is 16.5. The number of carbonyl (C=O) groups excluding carboxylic acids is 1. The number of nitrogens with two attached hydrogens (primary N) is 1. The van der Waals surface area contributed by atoms with Gasteiger partial charge in [0.25, 0.3) is 11.5 Å². The molecule has 2 N–H and O–H groups in total. The molecule has 1 aliphatic heterocycles. The van der Waals surface area contributed by atoms with Gasteiger partial charge in [0.2, 0.25) is 0 Å². The van der Waals surface area contributed by atoms with Crippen LogP contribution in [0, 0.1) is 0 Å². The molecule has 1 aliphatic rings. The number of anilines is 1. The number of amides is 1. The molecule has 0 aliphatic carbocycles. The third-order valence-corrected chi connectivity index (χ3v) is 5.08. The van der Waals surface area contributed by atoms with Crippen LogP contribution >= 0.6 is 0 Å². The second-order valence-corrected chi connectivity index (χ2v) is 7.42. The van der Waals surface area contributed by atoms with Gasteiger partial charge in [-0.05, 0) is 26.3 Å². The highest BCUT2D eigenvalue weighted by Crippen LogP contribution is 2.31. The number of benzene rings is 1. The first-order chi connectivity index (χ1) is 14.0. The number of nitrogens with zero attached hydrogens (tertiary/aromatic N) is 4. The minimum Gasteiger partial charge on any atom is -0.382 e. The fourth-order valence-electron chi connectivity index (χ4n) is 3.32. The second-order valence-electron chi connectivity index (χ2n) is 7.42. The van der Waals surface area contributed by atoms with E-state index in [1.54, 1.807) is 21.7 Å². The van der Waals surface area contributed by atoms with Gasteiger partial charge < -0.3 is 15.2 Å². The minimum atomic E-state index is -0.209. The summed E-state index contributed by atoms with van der Waals surface area (Å²) in [6.07, 6.45) is 2.74. The maximum absolute atomic E-state index is 12.8. The fraction of sp³-hybridized carbons (Fsp3) is 0.273. The van der Waals surface area contributed by atoms with Crippen molar-refractivity contribution in [2.45, 2.75) is 26.3 Å². The Hall–Kier alpha value is -3.48. The molecular formula is C22H23N5O2. The molecule has 0 radical (unpaired) electrons. The van der Waals surface area contributed by atoms with E-state index in [9.17, 15) is 9.59 Å². The van der Waals surface area contributed by atoms with E-state index in [2.05, 4.69) is 9.97 Å². The quantitative estimate of drug-likeness (QED) is 0.740. The van der Waals surface area contributed by atoms with Crippen LogP contribution in [0.4, 0.5) is 5.82 Å². The number of aromatic nitrogens is 3. The summed E-state index contributed by atoms with van der Waals surface area (Å²) < 4.78 is 1.64. The molecule has 1 amide bonds. The predicted molar refractivity (Wildman–Crippen MR) is 112 cm³/mol. The van der Waals surface area contributed by atoms with E-state index in [-0.39, 0.29) is 29.0 Å². The normalized spacial score (nSPS) is 13.4. The molecule has 0 atom stereocenters. The van der Waals surface area contributed by atoms with E-state index in [1.165, 1.54) is 6.07 Å². The standard InChI is InChI=1S/C22H23N5O2/c1-14(2)27-13-16(9-10-17(27)28)19-18(15-7-4-3-5-8-15)25-21(23)20(24-19)22(29)26-11-6-12-26/h3-5,7-10,13-14H,6,11-12H2,1-2H3,(H2,23,25). The Kier molecular flexibility index (Phi) is 4.88. The molecule has 0 bridgehead atoms. The SMILES string of the molecule is CC(C)n1cc(-c2nc(C(=O)N3CCC3)c(N)nc2-c2ccccc2)ccc1=O. The molecule has 2 aromatic heterocycles. The van der Waals surface area contributed by atoms with Crippen LogP contribution in [0.5, 0.6) is 0 Å². The molecule has 1 fully saturated rings. The van der Waals surface area contributed by atoms with Gasteiger partial charge in [-0.3, -0.25) is 9.59 Å². The molecule has 7 heteroatoms. The smallest absolute Gasteiger partial charge is 0.276 e. The first-order valence-corrected chi connectivity index (χ1v) is 9.70. The number of carbonyl (C=O) groups is 1. The molecule has 148 valence electrons. The van der Waals surface area contributed by atoms with E-state index in [1.807, 2.05) is 44.2 Å². The third kappa shape index (κ3) is 3.51. The van der Waals surface area contributed by atoms with Crippen molar-refractivity contribution in [3.63, 3.8) is 0 Å². The Bertz CT molecular complexity index is 1120. The van der Waals surface area contributed by atoms with Crippen molar-refractivity contribution in [1.82, 2.24) is 19.4 Å². The number of pyridine rings is 1. The summed E-state index contributed by atoms with van der Waals surface area (Å²) in [6.45, 7) is 5.29. The van der Waals surface area contributed by atoms with E-state index in [4.69, 9.17) is 5.73 Å². The van der Waals surface area contributed by atoms with Crippen LogP contribution in [-0.4, -0.2) is 38.4 Å². The number of likely N-dealkylation sites (tertiary alicyclic amines) is 1. The van der Waals surface area contributed by atoms with E-state index in [0.717, 1.165) is 12.0 Å². The van der Waals surface area contributed by atoms with E-state index < -0.39 is 0 Å². The van der Waals surface area contributed by atoms with Gasteiger partial charge in [0.1, 0.15) is 0 Å². The van der Waals surface area contributed by atoms with Crippen LogP contribution in [0.2, 0.25) is 0 Å². The van der Waals surface area contributed by atoms with Crippen molar-refractivity contribution in [1.29, 1.82) is 0 Å². The molecule has 0 unspecified atom stereocenters. The third-order valence-electron chi connectivity index (χ3n) is 5.08. The lowest BCUT2D eigenvalue weighted by molar-refractivity contribution is 0.0646. The summed E-state index contributed by atoms with van der Waals surface area (Å²) in [4.78, 5) is 35.9. The van der Waals surface area contributed by atoms with Crippen LogP contribution in [0.25, 0.3) is 22.5 Å². The first kappa shape index (κ1) is 18.9. The first-order valence-electron chi connectivity index (χ1n) is 9.70. The van der Waals surface area contributed by atoms with Gasteiger partial charge in [-0.25, -0.2) is 9.97 Å². The minimum absolute atomic E-state index is 0.00782.